The molecule has 1 rings (SSSR count). The summed E-state index contributed by atoms with van der Waals surface area (Å²) in [5, 5.41) is 2.80. The monoisotopic (exact) mass is 196 g/mol. The van der Waals surface area contributed by atoms with Crippen LogP contribution in [0.1, 0.15) is 19.4 Å². The van der Waals surface area contributed by atoms with Crippen LogP contribution >= 0.6 is 0 Å². The molecule has 0 spiro atoms. The highest BCUT2D eigenvalue weighted by Gasteiger charge is 2.25. The molecule has 0 saturated heterocycles. The van der Waals surface area contributed by atoms with Crippen LogP contribution in [0.2, 0.25) is 0 Å². The van der Waals surface area contributed by atoms with Crippen LogP contribution in [0, 0.1) is 5.41 Å². The van der Waals surface area contributed by atoms with Gasteiger partial charge in [-0.25, -0.2) is 0 Å². The standard InChI is InChI=1S/C10H16N2O2/c1-10(2,7-11)9(13)12-5-8-3-4-14-6-8/h3-4,6H,5,7,11H2,1-2H3,(H,12,13). The van der Waals surface area contributed by atoms with Crippen molar-refractivity contribution in [3.05, 3.63) is 24.2 Å². The summed E-state index contributed by atoms with van der Waals surface area (Å²) in [6.07, 6.45) is 3.19. The van der Waals surface area contributed by atoms with E-state index in [1.807, 2.05) is 19.9 Å². The minimum Gasteiger partial charge on any atom is -0.472 e. The first-order valence-electron chi connectivity index (χ1n) is 4.56. The molecule has 0 radical (unpaired) electrons. The Bertz CT molecular complexity index is 291. The van der Waals surface area contributed by atoms with Gasteiger partial charge in [0.2, 0.25) is 5.91 Å². The molecule has 78 valence electrons. The van der Waals surface area contributed by atoms with Crippen molar-refractivity contribution in [3.63, 3.8) is 0 Å². The van der Waals surface area contributed by atoms with Gasteiger partial charge in [-0.05, 0) is 19.9 Å². The molecular formula is C10H16N2O2. The zero-order chi connectivity index (χ0) is 10.6. The summed E-state index contributed by atoms with van der Waals surface area (Å²) in [6.45, 7) is 4.46. The van der Waals surface area contributed by atoms with Crippen LogP contribution in [0.15, 0.2) is 23.0 Å². The Morgan fingerprint density at radius 3 is 2.86 bits per heavy atom. The van der Waals surface area contributed by atoms with E-state index in [2.05, 4.69) is 5.32 Å². The summed E-state index contributed by atoms with van der Waals surface area (Å²) in [7, 11) is 0. The largest absolute Gasteiger partial charge is 0.472 e. The molecule has 1 amide bonds. The van der Waals surface area contributed by atoms with Gasteiger partial charge in [0.05, 0.1) is 17.9 Å². The number of furan rings is 1. The van der Waals surface area contributed by atoms with Crippen molar-refractivity contribution >= 4 is 5.91 Å². The summed E-state index contributed by atoms with van der Waals surface area (Å²) in [5.41, 5.74) is 5.92. The van der Waals surface area contributed by atoms with Gasteiger partial charge in [0, 0.05) is 18.7 Å². The smallest absolute Gasteiger partial charge is 0.227 e. The minimum atomic E-state index is -0.510. The molecule has 0 saturated carbocycles. The SMILES string of the molecule is CC(C)(CN)C(=O)NCc1ccoc1. The first-order chi connectivity index (χ1) is 6.56. The van der Waals surface area contributed by atoms with Gasteiger partial charge in [0.25, 0.3) is 0 Å². The Balaban J connectivity index is 2.43. The van der Waals surface area contributed by atoms with Crippen molar-refractivity contribution in [2.24, 2.45) is 11.1 Å². The molecular weight excluding hydrogens is 180 g/mol. The van der Waals surface area contributed by atoms with E-state index in [1.54, 1.807) is 12.5 Å². The number of nitrogens with one attached hydrogen (secondary N) is 1. The highest BCUT2D eigenvalue weighted by atomic mass is 16.3. The summed E-state index contributed by atoms with van der Waals surface area (Å²) in [4.78, 5) is 11.6. The third-order valence-electron chi connectivity index (χ3n) is 2.16. The van der Waals surface area contributed by atoms with Crippen molar-refractivity contribution in [2.45, 2.75) is 20.4 Å². The van der Waals surface area contributed by atoms with Crippen LogP contribution in [0.3, 0.4) is 0 Å². The molecule has 0 fully saturated rings. The third kappa shape index (κ3) is 2.60. The lowest BCUT2D eigenvalue weighted by atomic mass is 9.93. The van der Waals surface area contributed by atoms with Crippen LogP contribution in [-0.2, 0) is 11.3 Å². The van der Waals surface area contributed by atoms with Crippen LogP contribution in [0.25, 0.3) is 0 Å². The molecule has 4 heteroatoms. The fourth-order valence-corrected chi connectivity index (χ4v) is 0.908. The lowest BCUT2D eigenvalue weighted by molar-refractivity contribution is -0.129. The number of hydrogen-bond acceptors (Lipinski definition) is 3. The van der Waals surface area contributed by atoms with E-state index in [9.17, 15) is 4.79 Å². The van der Waals surface area contributed by atoms with Gasteiger partial charge in [0.1, 0.15) is 0 Å². The number of carbonyl (C=O) groups is 1. The molecule has 3 N–H and O–H groups in total. The van der Waals surface area contributed by atoms with Gasteiger partial charge in [-0.1, -0.05) is 0 Å². The summed E-state index contributed by atoms with van der Waals surface area (Å²) in [6, 6.07) is 1.82. The average Bonchev–Trinajstić information content (AvgIpc) is 2.66. The highest BCUT2D eigenvalue weighted by molar-refractivity contribution is 5.81. The number of hydrogen-bond donors (Lipinski definition) is 2. The van der Waals surface area contributed by atoms with Gasteiger partial charge >= 0.3 is 0 Å². The number of rotatable bonds is 4. The van der Waals surface area contributed by atoms with Gasteiger partial charge in [0.15, 0.2) is 0 Å². The Labute approximate surface area is 83.5 Å². The van der Waals surface area contributed by atoms with Crippen molar-refractivity contribution in [1.82, 2.24) is 5.32 Å². The van der Waals surface area contributed by atoms with Crippen molar-refractivity contribution in [3.8, 4) is 0 Å². The molecule has 0 atom stereocenters. The first kappa shape index (κ1) is 10.8. The second-order valence-electron chi connectivity index (χ2n) is 3.90. The molecule has 0 aliphatic rings. The normalized spacial score (nSPS) is 11.4. The molecule has 0 bridgehead atoms. The number of nitrogens with two attached hydrogens (primary N) is 1. The van der Waals surface area contributed by atoms with E-state index in [0.717, 1.165) is 5.56 Å². The van der Waals surface area contributed by atoms with Crippen molar-refractivity contribution in [1.29, 1.82) is 0 Å². The van der Waals surface area contributed by atoms with Gasteiger partial charge in [-0.15, -0.1) is 0 Å². The zero-order valence-electron chi connectivity index (χ0n) is 8.54. The maximum Gasteiger partial charge on any atom is 0.227 e. The molecule has 0 unspecified atom stereocenters. The van der Waals surface area contributed by atoms with Gasteiger partial charge in [-0.3, -0.25) is 4.79 Å². The Morgan fingerprint density at radius 2 is 2.36 bits per heavy atom. The van der Waals surface area contributed by atoms with Crippen LogP contribution in [0.4, 0.5) is 0 Å². The van der Waals surface area contributed by atoms with Gasteiger partial charge < -0.3 is 15.5 Å². The van der Waals surface area contributed by atoms with E-state index < -0.39 is 5.41 Å². The highest BCUT2D eigenvalue weighted by Crippen LogP contribution is 2.12. The Morgan fingerprint density at radius 1 is 1.64 bits per heavy atom. The second kappa shape index (κ2) is 4.28. The van der Waals surface area contributed by atoms with Crippen molar-refractivity contribution in [2.75, 3.05) is 6.54 Å². The summed E-state index contributed by atoms with van der Waals surface area (Å²) < 4.78 is 4.88. The molecule has 1 aromatic heterocycles. The van der Waals surface area contributed by atoms with E-state index in [0.29, 0.717) is 13.1 Å². The van der Waals surface area contributed by atoms with Gasteiger partial charge in [-0.2, -0.15) is 0 Å². The van der Waals surface area contributed by atoms with E-state index in [4.69, 9.17) is 10.2 Å². The quantitative estimate of drug-likeness (QED) is 0.751. The predicted octanol–water partition coefficient (Wildman–Crippen LogP) is 0.881. The maximum atomic E-state index is 11.6. The molecule has 1 heterocycles. The fourth-order valence-electron chi connectivity index (χ4n) is 0.908. The number of carbonyl (C=O) groups excluding carboxylic acids is 1. The molecule has 1 aromatic rings. The van der Waals surface area contributed by atoms with Crippen LogP contribution in [-0.4, -0.2) is 12.5 Å². The molecule has 0 aliphatic carbocycles. The minimum absolute atomic E-state index is 0.0406. The zero-order valence-corrected chi connectivity index (χ0v) is 8.54. The van der Waals surface area contributed by atoms with Crippen molar-refractivity contribution < 1.29 is 9.21 Å². The average molecular weight is 196 g/mol. The van der Waals surface area contributed by atoms with Crippen LogP contribution < -0.4 is 11.1 Å². The molecule has 0 aromatic carbocycles. The Kier molecular flexibility index (Phi) is 3.30. The number of amides is 1. The third-order valence-corrected chi connectivity index (χ3v) is 2.16. The second-order valence-corrected chi connectivity index (χ2v) is 3.90. The lowest BCUT2D eigenvalue weighted by Crippen LogP contribution is -2.41. The predicted molar refractivity (Wildman–Crippen MR) is 53.4 cm³/mol. The van der Waals surface area contributed by atoms with E-state index >= 15 is 0 Å². The fraction of sp³-hybridized carbons (Fsp3) is 0.500. The van der Waals surface area contributed by atoms with E-state index in [1.165, 1.54) is 0 Å². The summed E-state index contributed by atoms with van der Waals surface area (Å²) >= 11 is 0. The van der Waals surface area contributed by atoms with Crippen LogP contribution in [0.5, 0.6) is 0 Å². The maximum absolute atomic E-state index is 11.6. The molecule has 14 heavy (non-hydrogen) atoms. The molecule has 0 aliphatic heterocycles. The Hall–Kier alpha value is -1.29. The summed E-state index contributed by atoms with van der Waals surface area (Å²) in [5.74, 6) is -0.0406. The van der Waals surface area contributed by atoms with E-state index in [-0.39, 0.29) is 5.91 Å². The lowest BCUT2D eigenvalue weighted by Gasteiger charge is -2.20. The molecule has 4 nitrogen and oxygen atoms in total. The topological polar surface area (TPSA) is 68.3 Å². The first-order valence-corrected chi connectivity index (χ1v) is 4.56.